The van der Waals surface area contributed by atoms with Gasteiger partial charge in [-0.1, -0.05) is 6.07 Å². The van der Waals surface area contributed by atoms with Crippen molar-refractivity contribution in [2.45, 2.75) is 18.9 Å². The molecule has 2 aromatic rings. The highest BCUT2D eigenvalue weighted by Gasteiger charge is 2.08. The summed E-state index contributed by atoms with van der Waals surface area (Å²) in [6, 6.07) is 9.49. The molecule has 2 rings (SSSR count). The summed E-state index contributed by atoms with van der Waals surface area (Å²) >= 11 is 1.62. The Hall–Kier alpha value is -1.92. The Morgan fingerprint density at radius 3 is 2.77 bits per heavy atom. The second kappa shape index (κ2) is 8.51. The summed E-state index contributed by atoms with van der Waals surface area (Å²) in [5.74, 6) is 0.0320. The molecule has 1 amide bonds. The second-order valence-corrected chi connectivity index (χ2v) is 5.83. The molecule has 2 N–H and O–H groups in total. The molecule has 0 aliphatic carbocycles. The summed E-state index contributed by atoms with van der Waals surface area (Å²) in [6.45, 7) is 0.168. The number of ether oxygens (including phenoxy) is 1. The first kappa shape index (κ1) is 16.5. The molecule has 0 saturated heterocycles. The molecule has 22 heavy (non-hydrogen) atoms. The molecule has 4 nitrogen and oxygen atoms in total. The molecule has 0 fully saturated rings. The van der Waals surface area contributed by atoms with Crippen molar-refractivity contribution in [2.24, 2.45) is 0 Å². The first-order chi connectivity index (χ1) is 10.6. The Labute approximate surface area is 132 Å². The highest BCUT2D eigenvalue weighted by Crippen LogP contribution is 2.11. The third kappa shape index (κ3) is 5.83. The molecule has 0 radical (unpaired) electrons. The number of rotatable bonds is 8. The summed E-state index contributed by atoms with van der Waals surface area (Å²) in [5.41, 5.74) is 0. The lowest BCUT2D eigenvalue weighted by Gasteiger charge is -2.13. The van der Waals surface area contributed by atoms with Crippen LogP contribution in [0.4, 0.5) is 4.39 Å². The smallest absolute Gasteiger partial charge is 0.220 e. The fraction of sp³-hybridized carbons (Fsp3) is 0.312. The Bertz CT molecular complexity index is 572. The van der Waals surface area contributed by atoms with E-state index < -0.39 is 6.10 Å². The average Bonchev–Trinajstić information content (AvgIpc) is 3.04. The topological polar surface area (TPSA) is 58.6 Å². The Morgan fingerprint density at radius 1 is 1.32 bits per heavy atom. The van der Waals surface area contributed by atoms with Gasteiger partial charge in [-0.15, -0.1) is 11.3 Å². The maximum absolute atomic E-state index is 12.7. The predicted octanol–water partition coefficient (Wildman–Crippen LogP) is 2.38. The monoisotopic (exact) mass is 323 g/mol. The third-order valence-electron chi connectivity index (χ3n) is 2.97. The summed E-state index contributed by atoms with van der Waals surface area (Å²) in [6.07, 6.45) is 0.285. The van der Waals surface area contributed by atoms with E-state index in [9.17, 15) is 14.3 Å². The molecule has 1 aromatic heterocycles. The molecular formula is C16H18FNO3S. The van der Waals surface area contributed by atoms with E-state index in [1.807, 2.05) is 17.5 Å². The molecule has 118 valence electrons. The zero-order valence-corrected chi connectivity index (χ0v) is 12.8. The lowest BCUT2D eigenvalue weighted by Crippen LogP contribution is -2.35. The van der Waals surface area contributed by atoms with Gasteiger partial charge in [-0.05, 0) is 42.1 Å². The number of aliphatic hydroxyl groups excluding tert-OH is 1. The maximum Gasteiger partial charge on any atom is 0.220 e. The van der Waals surface area contributed by atoms with Gasteiger partial charge in [0.05, 0.1) is 0 Å². The van der Waals surface area contributed by atoms with Crippen LogP contribution in [0, 0.1) is 5.82 Å². The molecule has 0 aliphatic rings. The number of nitrogens with one attached hydrogen (secondary N) is 1. The minimum absolute atomic E-state index is 0.0385. The van der Waals surface area contributed by atoms with E-state index in [-0.39, 0.29) is 24.9 Å². The van der Waals surface area contributed by atoms with Gasteiger partial charge < -0.3 is 15.2 Å². The van der Waals surface area contributed by atoms with E-state index in [4.69, 9.17) is 4.74 Å². The largest absolute Gasteiger partial charge is 0.491 e. The minimum atomic E-state index is -0.809. The second-order valence-electron chi connectivity index (χ2n) is 4.80. The molecule has 0 bridgehead atoms. The third-order valence-corrected chi connectivity index (χ3v) is 3.91. The quantitative estimate of drug-likeness (QED) is 0.784. The van der Waals surface area contributed by atoms with Crippen LogP contribution in [0.2, 0.25) is 0 Å². The van der Waals surface area contributed by atoms with Gasteiger partial charge in [-0.3, -0.25) is 4.79 Å². The van der Waals surface area contributed by atoms with Gasteiger partial charge in [-0.25, -0.2) is 4.39 Å². The maximum atomic E-state index is 12.7. The number of aliphatic hydroxyl groups is 1. The Balaban J connectivity index is 1.61. The number of hydrogen-bond donors (Lipinski definition) is 2. The van der Waals surface area contributed by atoms with Gasteiger partial charge >= 0.3 is 0 Å². The van der Waals surface area contributed by atoms with Crippen molar-refractivity contribution in [3.63, 3.8) is 0 Å². The predicted molar refractivity (Wildman–Crippen MR) is 83.6 cm³/mol. The first-order valence-electron chi connectivity index (χ1n) is 6.99. The summed E-state index contributed by atoms with van der Waals surface area (Å²) in [5, 5.41) is 14.4. The zero-order valence-electron chi connectivity index (χ0n) is 12.0. The van der Waals surface area contributed by atoms with Crippen LogP contribution in [-0.2, 0) is 11.2 Å². The lowest BCUT2D eigenvalue weighted by atomic mass is 10.2. The lowest BCUT2D eigenvalue weighted by molar-refractivity contribution is -0.121. The van der Waals surface area contributed by atoms with Gasteiger partial charge in [0.2, 0.25) is 5.91 Å². The highest BCUT2D eigenvalue weighted by atomic mass is 32.1. The van der Waals surface area contributed by atoms with E-state index >= 15 is 0 Å². The van der Waals surface area contributed by atoms with Crippen molar-refractivity contribution in [2.75, 3.05) is 13.2 Å². The summed E-state index contributed by atoms with van der Waals surface area (Å²) in [7, 11) is 0. The Morgan fingerprint density at radius 2 is 2.09 bits per heavy atom. The number of benzene rings is 1. The van der Waals surface area contributed by atoms with Crippen molar-refractivity contribution >= 4 is 17.2 Å². The van der Waals surface area contributed by atoms with Gasteiger partial charge in [0.1, 0.15) is 24.3 Å². The average molecular weight is 323 g/mol. The van der Waals surface area contributed by atoms with Crippen LogP contribution >= 0.6 is 11.3 Å². The van der Waals surface area contributed by atoms with Crippen LogP contribution in [0.3, 0.4) is 0 Å². The van der Waals surface area contributed by atoms with Crippen LogP contribution in [0.25, 0.3) is 0 Å². The van der Waals surface area contributed by atoms with E-state index in [2.05, 4.69) is 5.32 Å². The van der Waals surface area contributed by atoms with Crippen molar-refractivity contribution in [1.82, 2.24) is 5.32 Å². The summed E-state index contributed by atoms with van der Waals surface area (Å²) < 4.78 is 18.0. The van der Waals surface area contributed by atoms with Crippen LogP contribution < -0.4 is 10.1 Å². The van der Waals surface area contributed by atoms with Gasteiger partial charge in [-0.2, -0.15) is 0 Å². The number of thiophene rings is 1. The number of carbonyl (C=O) groups excluding carboxylic acids is 1. The number of halogens is 1. The molecule has 1 atom stereocenters. The minimum Gasteiger partial charge on any atom is -0.491 e. The molecule has 1 unspecified atom stereocenters. The van der Waals surface area contributed by atoms with E-state index in [0.29, 0.717) is 18.6 Å². The fourth-order valence-corrected chi connectivity index (χ4v) is 2.50. The molecule has 1 aromatic carbocycles. The number of aryl methyl sites for hydroxylation is 1. The van der Waals surface area contributed by atoms with Crippen LogP contribution in [0.5, 0.6) is 5.75 Å². The Kier molecular flexibility index (Phi) is 6.36. The molecule has 0 aliphatic heterocycles. The number of carbonyl (C=O) groups is 1. The van der Waals surface area contributed by atoms with Crippen molar-refractivity contribution in [1.29, 1.82) is 0 Å². The zero-order chi connectivity index (χ0) is 15.8. The molecular weight excluding hydrogens is 305 g/mol. The van der Waals surface area contributed by atoms with E-state index in [1.165, 1.54) is 24.3 Å². The standard InChI is InChI=1S/C16H18FNO3S/c17-12-3-5-14(6-4-12)21-11-13(19)10-18-16(20)8-7-15-2-1-9-22-15/h1-6,9,13,19H,7-8,10-11H2,(H,18,20). The van der Waals surface area contributed by atoms with Crippen molar-refractivity contribution in [3.8, 4) is 5.75 Å². The normalized spacial score (nSPS) is 11.9. The number of hydrogen-bond acceptors (Lipinski definition) is 4. The molecule has 1 heterocycles. The van der Waals surface area contributed by atoms with Crippen LogP contribution in [0.1, 0.15) is 11.3 Å². The molecule has 6 heteroatoms. The van der Waals surface area contributed by atoms with Crippen LogP contribution in [0.15, 0.2) is 41.8 Å². The van der Waals surface area contributed by atoms with E-state index in [0.717, 1.165) is 4.88 Å². The highest BCUT2D eigenvalue weighted by molar-refractivity contribution is 7.09. The van der Waals surface area contributed by atoms with Gasteiger partial charge in [0.15, 0.2) is 0 Å². The van der Waals surface area contributed by atoms with Crippen molar-refractivity contribution in [3.05, 3.63) is 52.5 Å². The van der Waals surface area contributed by atoms with Gasteiger partial charge in [0.25, 0.3) is 0 Å². The fourth-order valence-electron chi connectivity index (χ4n) is 1.79. The molecule has 0 spiro atoms. The summed E-state index contributed by atoms with van der Waals surface area (Å²) in [4.78, 5) is 12.8. The van der Waals surface area contributed by atoms with Crippen LogP contribution in [-0.4, -0.2) is 30.3 Å². The van der Waals surface area contributed by atoms with Gasteiger partial charge in [0, 0.05) is 17.8 Å². The molecule has 0 saturated carbocycles. The van der Waals surface area contributed by atoms with E-state index in [1.54, 1.807) is 11.3 Å². The number of amides is 1. The SMILES string of the molecule is O=C(CCc1cccs1)NCC(O)COc1ccc(F)cc1. The van der Waals surface area contributed by atoms with Crippen molar-refractivity contribution < 1.29 is 19.0 Å². The first-order valence-corrected chi connectivity index (χ1v) is 7.87.